The first-order chi connectivity index (χ1) is 5.88. The van der Waals surface area contributed by atoms with Crippen molar-refractivity contribution in [2.45, 2.75) is 12.2 Å². The van der Waals surface area contributed by atoms with Gasteiger partial charge in [-0.1, -0.05) is 0 Å². The predicted octanol–water partition coefficient (Wildman–Crippen LogP) is -3.89. The summed E-state index contributed by atoms with van der Waals surface area (Å²) in [4.78, 5) is 19.5. The van der Waals surface area contributed by atoms with E-state index in [-0.39, 0.29) is 0 Å². The minimum atomic E-state index is -2.27. The summed E-state index contributed by atoms with van der Waals surface area (Å²) in [6.07, 6.45) is -4.53. The van der Waals surface area contributed by atoms with Crippen LogP contribution in [0.3, 0.4) is 0 Å². The fourth-order valence-electron chi connectivity index (χ4n) is 0.270. The molecule has 0 rings (SSSR count). The largest absolute Gasteiger partial charge is 0.479 e. The minimum Gasteiger partial charge on any atom is -0.479 e. The van der Waals surface area contributed by atoms with Crippen LogP contribution in [0.25, 0.3) is 0 Å². The summed E-state index contributed by atoms with van der Waals surface area (Å²) in [5.41, 5.74) is 0. The molecule has 0 aromatic carbocycles. The van der Waals surface area contributed by atoms with Crippen molar-refractivity contribution >= 4 is 19.6 Å². The van der Waals surface area contributed by atoms with Crippen molar-refractivity contribution in [3.63, 3.8) is 0 Å². The van der Waals surface area contributed by atoms with Crippen LogP contribution in [0.1, 0.15) is 0 Å². The molecule has 2 atom stereocenters. The van der Waals surface area contributed by atoms with Crippen molar-refractivity contribution in [2.75, 3.05) is 0 Å². The number of carboxylic acid groups (broad SMARTS) is 2. The maximum absolute atomic E-state index is 9.77. The highest BCUT2D eigenvalue weighted by Gasteiger charge is 2.29. The van der Waals surface area contributed by atoms with Crippen LogP contribution in [-0.2, 0) is 9.59 Å². The van der Waals surface area contributed by atoms with E-state index in [4.69, 9.17) is 30.5 Å². The van der Waals surface area contributed by atoms with Gasteiger partial charge in [0.15, 0.2) is 12.2 Å². The Labute approximate surface area is 73.0 Å². The highest BCUT2D eigenvalue weighted by molar-refractivity contribution is 6.13. The van der Waals surface area contributed by atoms with Crippen molar-refractivity contribution < 1.29 is 40.1 Å². The molecule has 0 aromatic heterocycles. The fraction of sp³-hybridized carbons (Fsp3) is 0.500. The Balaban J connectivity index is 0. The molecular formula is C4H9BO8. The van der Waals surface area contributed by atoms with Gasteiger partial charge in [0.25, 0.3) is 0 Å². The van der Waals surface area contributed by atoms with Crippen LogP contribution < -0.4 is 0 Å². The third kappa shape index (κ3) is 7.21. The molecular weight excluding hydrogens is 187 g/mol. The van der Waals surface area contributed by atoms with E-state index in [1.54, 1.807) is 0 Å². The monoisotopic (exact) mass is 196 g/mol. The lowest BCUT2D eigenvalue weighted by Gasteiger charge is -2.07. The smallest absolute Gasteiger partial charge is 0.432 e. The molecule has 0 spiro atoms. The van der Waals surface area contributed by atoms with Crippen LogP contribution in [-0.4, -0.2) is 62.3 Å². The van der Waals surface area contributed by atoms with Crippen molar-refractivity contribution in [1.82, 2.24) is 0 Å². The van der Waals surface area contributed by atoms with Gasteiger partial charge in [-0.05, 0) is 0 Å². The Bertz CT molecular complexity index is 152. The molecule has 0 radical (unpaired) electrons. The van der Waals surface area contributed by atoms with Gasteiger partial charge >= 0.3 is 19.6 Å². The summed E-state index contributed by atoms with van der Waals surface area (Å²) in [6, 6.07) is 0. The summed E-state index contributed by atoms with van der Waals surface area (Å²) < 4.78 is 0. The second-order valence-electron chi connectivity index (χ2n) is 1.71. The van der Waals surface area contributed by atoms with Gasteiger partial charge in [-0.25, -0.2) is 9.59 Å². The van der Waals surface area contributed by atoms with Crippen LogP contribution in [0, 0.1) is 0 Å². The highest BCUT2D eigenvalue weighted by atomic mass is 16.4. The number of aliphatic carboxylic acids is 2. The van der Waals surface area contributed by atoms with E-state index < -0.39 is 31.8 Å². The molecule has 0 fully saturated rings. The van der Waals surface area contributed by atoms with Gasteiger partial charge in [-0.15, -0.1) is 0 Å². The molecule has 9 heteroatoms. The van der Waals surface area contributed by atoms with Gasteiger partial charge in [0.05, 0.1) is 0 Å². The van der Waals surface area contributed by atoms with E-state index in [0.717, 1.165) is 0 Å². The number of aliphatic hydroxyl groups excluding tert-OH is 2. The number of aliphatic hydroxyl groups is 2. The maximum Gasteiger partial charge on any atom is 0.432 e. The molecule has 0 aliphatic rings. The Kier molecular flexibility index (Phi) is 8.28. The third-order valence-corrected chi connectivity index (χ3v) is 0.805. The molecule has 8 nitrogen and oxygen atoms in total. The second kappa shape index (κ2) is 7.49. The molecule has 13 heavy (non-hydrogen) atoms. The highest BCUT2D eigenvalue weighted by Crippen LogP contribution is 1.92. The summed E-state index contributed by atoms with van der Waals surface area (Å²) in [7, 11) is -0.750. The van der Waals surface area contributed by atoms with Crippen LogP contribution in [0.4, 0.5) is 0 Å². The van der Waals surface area contributed by atoms with Gasteiger partial charge in [0, 0.05) is 0 Å². The van der Waals surface area contributed by atoms with Crippen LogP contribution in [0.2, 0.25) is 0 Å². The molecule has 0 amide bonds. The number of hydrogen-bond donors (Lipinski definition) is 6. The zero-order valence-corrected chi connectivity index (χ0v) is 6.36. The third-order valence-electron chi connectivity index (χ3n) is 0.805. The minimum absolute atomic E-state index is 0.750. The standard InChI is InChI=1S/C4H6O6.BH3O2/c5-1(3(7)8)2(6)4(9)10;2-1-3/h1-2,5-6H,(H,7,8)(H,9,10);1-3H. The Morgan fingerprint density at radius 3 is 1.15 bits per heavy atom. The van der Waals surface area contributed by atoms with Gasteiger partial charge < -0.3 is 30.5 Å². The normalized spacial score (nSPS) is 13.2. The average Bonchev–Trinajstić information content (AvgIpc) is 2.03. The van der Waals surface area contributed by atoms with Crippen LogP contribution in [0.5, 0.6) is 0 Å². The first-order valence-corrected chi connectivity index (χ1v) is 2.91. The van der Waals surface area contributed by atoms with Crippen molar-refractivity contribution in [1.29, 1.82) is 0 Å². The Hall–Kier alpha value is -1.16. The summed E-state index contributed by atoms with van der Waals surface area (Å²) in [6.45, 7) is 0. The maximum atomic E-state index is 9.77. The van der Waals surface area contributed by atoms with Crippen LogP contribution in [0.15, 0.2) is 0 Å². The van der Waals surface area contributed by atoms with Crippen LogP contribution >= 0.6 is 0 Å². The molecule has 76 valence electrons. The molecule has 0 aromatic rings. The van der Waals surface area contributed by atoms with Crippen molar-refractivity contribution in [3.8, 4) is 0 Å². The summed E-state index contributed by atoms with van der Waals surface area (Å²) >= 11 is 0. The molecule has 0 saturated heterocycles. The summed E-state index contributed by atoms with van der Waals surface area (Å²) in [5.74, 6) is -3.54. The average molecular weight is 196 g/mol. The number of carboxylic acids is 2. The Morgan fingerprint density at radius 2 is 1.08 bits per heavy atom. The van der Waals surface area contributed by atoms with Gasteiger partial charge in [-0.3, -0.25) is 0 Å². The lowest BCUT2D eigenvalue weighted by Crippen LogP contribution is -2.39. The topological polar surface area (TPSA) is 156 Å². The SMILES string of the molecule is O=C(O)C(O)C(O)C(=O)O.OBO. The van der Waals surface area contributed by atoms with E-state index in [0.29, 0.717) is 0 Å². The second-order valence-corrected chi connectivity index (χ2v) is 1.71. The molecule has 0 saturated carbocycles. The molecule has 0 aliphatic carbocycles. The molecule has 0 aliphatic heterocycles. The number of hydrogen-bond acceptors (Lipinski definition) is 6. The first-order valence-electron chi connectivity index (χ1n) is 2.91. The first kappa shape index (κ1) is 14.4. The van der Waals surface area contributed by atoms with E-state index in [9.17, 15) is 9.59 Å². The van der Waals surface area contributed by atoms with Gasteiger partial charge in [-0.2, -0.15) is 0 Å². The van der Waals surface area contributed by atoms with E-state index in [1.807, 2.05) is 0 Å². The quantitative estimate of drug-likeness (QED) is 0.250. The van der Waals surface area contributed by atoms with E-state index in [2.05, 4.69) is 0 Å². The van der Waals surface area contributed by atoms with E-state index >= 15 is 0 Å². The van der Waals surface area contributed by atoms with E-state index in [1.165, 1.54) is 0 Å². The molecule has 2 unspecified atom stereocenters. The molecule has 0 heterocycles. The Morgan fingerprint density at radius 1 is 0.923 bits per heavy atom. The number of carbonyl (C=O) groups is 2. The lowest BCUT2D eigenvalue weighted by molar-refractivity contribution is -0.165. The zero-order chi connectivity index (χ0) is 11.0. The molecule has 0 bridgehead atoms. The lowest BCUT2D eigenvalue weighted by atomic mass is 10.2. The van der Waals surface area contributed by atoms with Gasteiger partial charge in [0.1, 0.15) is 0 Å². The van der Waals surface area contributed by atoms with Crippen molar-refractivity contribution in [3.05, 3.63) is 0 Å². The zero-order valence-electron chi connectivity index (χ0n) is 6.36. The molecule has 6 N–H and O–H groups in total. The fourth-order valence-corrected chi connectivity index (χ4v) is 0.270. The van der Waals surface area contributed by atoms with Gasteiger partial charge in [0.2, 0.25) is 0 Å². The van der Waals surface area contributed by atoms with Crippen molar-refractivity contribution in [2.24, 2.45) is 0 Å². The number of rotatable bonds is 3. The predicted molar refractivity (Wildman–Crippen MR) is 38.9 cm³/mol. The summed E-state index contributed by atoms with van der Waals surface area (Å²) in [5, 5.41) is 46.8.